The number of rotatable bonds is 4. The van der Waals surface area contributed by atoms with E-state index in [2.05, 4.69) is 9.97 Å². The van der Waals surface area contributed by atoms with Crippen LogP contribution in [0, 0.1) is 0 Å². The molecule has 8 nitrogen and oxygen atoms in total. The molecular formula is C16H14F8N4O4S. The van der Waals surface area contributed by atoms with Gasteiger partial charge in [0.05, 0.1) is 28.5 Å². The number of halogens is 8. The molecule has 0 radical (unpaired) electrons. The molecule has 0 spiro atoms. The monoisotopic (exact) mass is 510 g/mol. The van der Waals surface area contributed by atoms with Crippen molar-refractivity contribution in [1.82, 2.24) is 15.0 Å². The van der Waals surface area contributed by atoms with Crippen molar-refractivity contribution in [2.45, 2.75) is 31.6 Å². The fourth-order valence-electron chi connectivity index (χ4n) is 3.10. The van der Waals surface area contributed by atoms with Crippen molar-refractivity contribution in [1.29, 1.82) is 0 Å². The highest BCUT2D eigenvalue weighted by Gasteiger charge is 2.60. The number of anilines is 1. The van der Waals surface area contributed by atoms with Crippen molar-refractivity contribution >= 4 is 27.4 Å². The van der Waals surface area contributed by atoms with Crippen LogP contribution in [0.5, 0.6) is 0 Å². The molecule has 0 aromatic carbocycles. The van der Waals surface area contributed by atoms with Gasteiger partial charge in [-0.05, 0) is 6.08 Å². The molecule has 184 valence electrons. The minimum absolute atomic E-state index is 0.0829. The second-order valence-electron chi connectivity index (χ2n) is 6.97. The lowest BCUT2D eigenvalue weighted by Crippen LogP contribution is -2.43. The number of allylic oxidation sites excluding steroid dienone is 2. The third kappa shape index (κ3) is 4.31. The Bertz CT molecular complexity index is 1160. The first kappa shape index (κ1) is 25.0. The second-order valence-corrected chi connectivity index (χ2v) is 9.27. The van der Waals surface area contributed by atoms with Crippen LogP contribution in [0.25, 0.3) is 11.8 Å². The summed E-state index contributed by atoms with van der Waals surface area (Å²) in [5, 5.41) is 19.7. The maximum atomic E-state index is 13.7. The summed E-state index contributed by atoms with van der Waals surface area (Å²) in [7, 11) is -4.40. The third-order valence-electron chi connectivity index (χ3n) is 4.82. The van der Waals surface area contributed by atoms with Crippen molar-refractivity contribution in [3.63, 3.8) is 0 Å². The first-order valence-electron chi connectivity index (χ1n) is 8.84. The van der Waals surface area contributed by atoms with Gasteiger partial charge in [0.25, 0.3) is 0 Å². The molecule has 1 aromatic rings. The lowest BCUT2D eigenvalue weighted by Gasteiger charge is -2.28. The van der Waals surface area contributed by atoms with Crippen LogP contribution in [0.2, 0.25) is 0 Å². The zero-order valence-electron chi connectivity index (χ0n) is 16.3. The van der Waals surface area contributed by atoms with Gasteiger partial charge < -0.3 is 4.98 Å². The first-order valence-corrected chi connectivity index (χ1v) is 10.5. The van der Waals surface area contributed by atoms with Crippen LogP contribution in [0.3, 0.4) is 0 Å². The van der Waals surface area contributed by atoms with Gasteiger partial charge in [-0.15, -0.1) is 0 Å². The third-order valence-corrected chi connectivity index (χ3v) is 6.67. The molecule has 0 aliphatic carbocycles. The van der Waals surface area contributed by atoms with E-state index in [0.29, 0.717) is 6.08 Å². The van der Waals surface area contributed by atoms with Gasteiger partial charge in [0.15, 0.2) is 21.5 Å². The number of aromatic nitrogens is 2. The van der Waals surface area contributed by atoms with E-state index in [9.17, 15) is 54.0 Å². The summed E-state index contributed by atoms with van der Waals surface area (Å²) in [5.41, 5.74) is -4.45. The molecule has 1 aromatic heterocycles. The van der Waals surface area contributed by atoms with Gasteiger partial charge in [-0.25, -0.2) is 23.5 Å². The molecule has 3 heterocycles. The summed E-state index contributed by atoms with van der Waals surface area (Å²) < 4.78 is 130. The summed E-state index contributed by atoms with van der Waals surface area (Å²) in [6, 6.07) is 0. The molecule has 0 fully saturated rings. The van der Waals surface area contributed by atoms with Crippen LogP contribution in [-0.4, -0.2) is 64.4 Å². The van der Waals surface area contributed by atoms with Gasteiger partial charge in [0.1, 0.15) is 5.70 Å². The number of nitrogens with zero attached hydrogens (tertiary/aromatic N) is 3. The number of sulfone groups is 1. The Labute approximate surface area is 179 Å². The standard InChI is InChI=1S/C16H14F8N4O4S/c1-2-33(31,32)10-4-8(15(19,20)21)6-27(29)11(10)12-25-9-3-7(5-28(30)13(9)26-12)14(17,18)16(22,23)24/h3,6,29-30H,2,4-5H2,1H3,(H,25,26). The molecule has 3 N–H and O–H groups in total. The van der Waals surface area contributed by atoms with Crippen molar-refractivity contribution in [3.8, 4) is 0 Å². The van der Waals surface area contributed by atoms with E-state index in [1.54, 1.807) is 0 Å². The van der Waals surface area contributed by atoms with E-state index in [-0.39, 0.29) is 16.3 Å². The van der Waals surface area contributed by atoms with Crippen molar-refractivity contribution < 1.29 is 54.0 Å². The number of fused-ring (bicyclic) bond motifs is 1. The Hall–Kier alpha value is -2.66. The van der Waals surface area contributed by atoms with Gasteiger partial charge in [-0.1, -0.05) is 6.92 Å². The molecule has 2 aliphatic rings. The van der Waals surface area contributed by atoms with E-state index in [4.69, 9.17) is 0 Å². The number of imidazole rings is 1. The normalized spacial score (nSPS) is 18.4. The van der Waals surface area contributed by atoms with Gasteiger partial charge in [-0.2, -0.15) is 35.1 Å². The topological polar surface area (TPSA) is 110 Å². The van der Waals surface area contributed by atoms with Crippen LogP contribution in [0.15, 0.2) is 22.3 Å². The second kappa shape index (κ2) is 7.69. The zero-order valence-corrected chi connectivity index (χ0v) is 17.1. The highest BCUT2D eigenvalue weighted by molar-refractivity contribution is 7.95. The van der Waals surface area contributed by atoms with Crippen LogP contribution < -0.4 is 5.06 Å². The van der Waals surface area contributed by atoms with Crippen LogP contribution in [0.1, 0.15) is 24.9 Å². The minimum atomic E-state index is -5.99. The van der Waals surface area contributed by atoms with E-state index in [0.717, 1.165) is 6.92 Å². The molecule has 0 saturated heterocycles. The SMILES string of the molecule is CCS(=O)(=O)C1=C(c2nc3c([nH]2)C=C(C(F)(F)C(F)(F)F)CN3O)N(O)C=C(C(F)(F)F)C1. The Morgan fingerprint density at radius 1 is 1.09 bits per heavy atom. The average molecular weight is 510 g/mol. The van der Waals surface area contributed by atoms with Crippen LogP contribution in [0.4, 0.5) is 40.9 Å². The zero-order chi connectivity index (χ0) is 25.1. The molecule has 0 atom stereocenters. The molecule has 0 amide bonds. The van der Waals surface area contributed by atoms with Crippen molar-refractivity contribution in [2.24, 2.45) is 0 Å². The number of hydrogen-bond donors (Lipinski definition) is 3. The van der Waals surface area contributed by atoms with E-state index in [1.165, 1.54) is 0 Å². The number of nitrogens with one attached hydrogen (secondary N) is 1. The minimum Gasteiger partial charge on any atom is -0.335 e. The number of alkyl halides is 8. The number of hydroxylamine groups is 3. The molecule has 3 rings (SSSR count). The summed E-state index contributed by atoms with van der Waals surface area (Å²) in [4.78, 5) is 4.93. The van der Waals surface area contributed by atoms with E-state index in [1.807, 2.05) is 0 Å². The van der Waals surface area contributed by atoms with Gasteiger partial charge in [0, 0.05) is 18.2 Å². The molecule has 2 aliphatic heterocycles. The average Bonchev–Trinajstić information content (AvgIpc) is 3.10. The van der Waals surface area contributed by atoms with Gasteiger partial charge in [-0.3, -0.25) is 10.4 Å². The van der Waals surface area contributed by atoms with E-state index < -0.39 is 85.9 Å². The molecule has 0 unspecified atom stereocenters. The number of hydrogen-bond acceptors (Lipinski definition) is 7. The molecular weight excluding hydrogens is 496 g/mol. The molecule has 33 heavy (non-hydrogen) atoms. The Kier molecular flexibility index (Phi) is 5.82. The predicted molar refractivity (Wildman–Crippen MR) is 95.5 cm³/mol. The maximum absolute atomic E-state index is 13.7. The molecule has 0 saturated carbocycles. The van der Waals surface area contributed by atoms with Crippen LogP contribution >= 0.6 is 0 Å². The van der Waals surface area contributed by atoms with Gasteiger partial charge in [0.2, 0.25) is 0 Å². The summed E-state index contributed by atoms with van der Waals surface area (Å²) in [6.07, 6.45) is -11.7. The van der Waals surface area contributed by atoms with Crippen LogP contribution in [-0.2, 0) is 9.84 Å². The maximum Gasteiger partial charge on any atom is 0.457 e. The smallest absolute Gasteiger partial charge is 0.335 e. The first-order chi connectivity index (χ1) is 14.9. The fourth-order valence-corrected chi connectivity index (χ4v) is 4.31. The molecule has 0 bridgehead atoms. The van der Waals surface area contributed by atoms with E-state index >= 15 is 0 Å². The Morgan fingerprint density at radius 2 is 1.70 bits per heavy atom. The molecule has 17 heteroatoms. The number of H-pyrrole nitrogens is 1. The quantitative estimate of drug-likeness (QED) is 0.528. The lowest BCUT2D eigenvalue weighted by atomic mass is 10.0. The lowest BCUT2D eigenvalue weighted by molar-refractivity contribution is -0.264. The van der Waals surface area contributed by atoms with Crippen molar-refractivity contribution in [3.05, 3.63) is 33.8 Å². The van der Waals surface area contributed by atoms with Crippen molar-refractivity contribution in [2.75, 3.05) is 17.4 Å². The predicted octanol–water partition coefficient (Wildman–Crippen LogP) is 3.84. The number of aromatic amines is 1. The Morgan fingerprint density at radius 3 is 2.21 bits per heavy atom. The fraction of sp³-hybridized carbons (Fsp3) is 0.438. The summed E-state index contributed by atoms with van der Waals surface area (Å²) in [5.74, 6) is -7.34. The highest BCUT2D eigenvalue weighted by Crippen LogP contribution is 2.45. The largest absolute Gasteiger partial charge is 0.457 e. The highest BCUT2D eigenvalue weighted by atomic mass is 32.2. The summed E-state index contributed by atoms with van der Waals surface area (Å²) in [6.45, 7) is -0.214. The summed E-state index contributed by atoms with van der Waals surface area (Å²) >= 11 is 0. The van der Waals surface area contributed by atoms with Gasteiger partial charge >= 0.3 is 18.3 Å². The Balaban J connectivity index is 2.17.